The number of aliphatic hydroxyl groups excluding tert-OH is 3. The monoisotopic (exact) mass is 2200 g/mol. The van der Waals surface area contributed by atoms with E-state index in [2.05, 4.69) is 192 Å². The maximum Gasteiger partial charge on any atom is 0.155 e. The topological polar surface area (TPSA) is 229 Å². The number of para-hydroxylation sites is 3. The van der Waals surface area contributed by atoms with Gasteiger partial charge in [0.25, 0.3) is 0 Å². The van der Waals surface area contributed by atoms with E-state index in [4.69, 9.17) is 56.8 Å². The molecule has 18 heteroatoms. The minimum atomic E-state index is -0.125. The molecular weight excluding hydrogens is 2100 g/mol. The van der Waals surface area contributed by atoms with E-state index < -0.39 is 0 Å². The molecule has 3 N–H and O–H groups in total. The summed E-state index contributed by atoms with van der Waals surface area (Å²) in [7, 11) is 0. The van der Waals surface area contributed by atoms with Gasteiger partial charge in [0.05, 0.1) is 34.0 Å². The van der Waals surface area contributed by atoms with Gasteiger partial charge in [0.2, 0.25) is 0 Å². The van der Waals surface area contributed by atoms with Crippen molar-refractivity contribution in [3.63, 3.8) is 0 Å². The number of ketones is 3. The van der Waals surface area contributed by atoms with Crippen molar-refractivity contribution in [2.24, 2.45) is 0 Å². The van der Waals surface area contributed by atoms with E-state index in [0.29, 0.717) is 17.8 Å². The molecule has 0 amide bonds. The molecule has 15 nitrogen and oxygen atoms in total. The molecule has 0 saturated carbocycles. The fourth-order valence-corrected chi connectivity index (χ4v) is 14.6. The number of rotatable bonds is 12. The van der Waals surface area contributed by atoms with Crippen molar-refractivity contribution in [3.05, 3.63) is 306 Å². The number of aromatic nitrogens is 3. The Labute approximate surface area is 768 Å². The van der Waals surface area contributed by atoms with E-state index in [0.717, 1.165) is 161 Å². The average molecular weight is 2200 g/mol. The molecule has 0 spiro atoms. The molecule has 18 aromatic rings. The average Bonchev–Trinajstić information content (AvgIpc) is 1.62. The number of nitrogens with zero attached hydrogens (tertiary/aromatic N) is 3. The van der Waals surface area contributed by atoms with Crippen LogP contribution in [0.5, 0.6) is 0 Å². The van der Waals surface area contributed by atoms with Gasteiger partial charge in [-0.15, -0.1) is 54.6 Å². The molecule has 0 aliphatic heterocycles. The molecule has 0 bridgehead atoms. The van der Waals surface area contributed by atoms with Gasteiger partial charge < -0.3 is 56.8 Å². The number of pyridine rings is 3. The molecule has 18 rings (SSSR count). The van der Waals surface area contributed by atoms with Crippen LogP contribution in [-0.2, 0) is 85.5 Å². The minimum absolute atomic E-state index is 0. The molecular formula is C107H100Ir3N3O12-3. The van der Waals surface area contributed by atoms with E-state index in [1.807, 2.05) is 134 Å². The summed E-state index contributed by atoms with van der Waals surface area (Å²) in [5.74, 6) is 3.71. The predicted molar refractivity (Wildman–Crippen MR) is 494 cm³/mol. The number of fused-ring (bicyclic) bond motifs is 12. The number of hydrogen-bond donors (Lipinski definition) is 3. The number of hydrogen-bond acceptors (Lipinski definition) is 15. The van der Waals surface area contributed by atoms with Crippen LogP contribution in [-0.4, -0.2) is 47.6 Å². The summed E-state index contributed by atoms with van der Waals surface area (Å²) in [6, 6.07) is 80.4. The standard InChI is InChI=1S/C33H30NO2.C31H26NO2.C28H20NO2.3C5H8O2.3Ir/c1-32(2,3)22-14-20(15-23(17-22)33(4,5)6)29-16-21-19-34-27(18-30(21)35-29)26-12-9-11-25-24-10-7-8-13-28(24)36-31(25)26;1-18(2)21-10-7-11-22(19(3)4)30(21)29-15-20-17-32-26(16-28(20)33-29)25-13-8-12-24-23-9-5-6-14-27(23)34-31(24)25;1-17(2)18-10-12-19(13-11-18)26-14-20-16-29-24(15-27(20)30-26)23-8-5-7-22-21-6-3-4-9-25(21)31-28(22)23;3*1-4(6)3-5(2)7;;;/h7-11,13-19H,1-6H3;5-12,14-19H,1-4H3;3-7,9-17H,1-2H3;3*3,6H,1-2H3;;;/q3*-1;;;;;;. The Morgan fingerprint density at radius 2 is 0.664 bits per heavy atom. The quantitative estimate of drug-likeness (QED) is 0.0587. The Kier molecular flexibility index (Phi) is 31.1. The number of carbonyl (C=O) groups excluding carboxylic acids is 3. The fraction of sp³-hybridized carbons (Fsp3) is 0.215. The molecule has 9 aromatic heterocycles. The molecule has 0 atom stereocenters. The zero-order valence-electron chi connectivity index (χ0n) is 73.2. The van der Waals surface area contributed by atoms with Gasteiger partial charge in [-0.3, -0.25) is 14.4 Å². The molecule has 0 saturated heterocycles. The van der Waals surface area contributed by atoms with Crippen LogP contribution in [0.3, 0.4) is 0 Å². The molecule has 0 fully saturated rings. The van der Waals surface area contributed by atoms with Crippen LogP contribution in [0.15, 0.2) is 287 Å². The molecule has 9 aromatic carbocycles. The van der Waals surface area contributed by atoms with Gasteiger partial charge in [-0.2, -0.15) is 0 Å². The van der Waals surface area contributed by atoms with Crippen molar-refractivity contribution in [3.8, 4) is 67.7 Å². The number of carbonyl (C=O) groups is 3. The van der Waals surface area contributed by atoms with Crippen LogP contribution in [0, 0.1) is 18.2 Å². The molecule has 0 aliphatic carbocycles. The van der Waals surface area contributed by atoms with E-state index in [9.17, 15) is 14.4 Å². The Hall–Kier alpha value is -12.0. The van der Waals surface area contributed by atoms with Crippen molar-refractivity contribution in [1.29, 1.82) is 0 Å². The Balaban J connectivity index is 0.000000174. The first-order chi connectivity index (χ1) is 58.1. The minimum Gasteiger partial charge on any atom is -0.512 e. The van der Waals surface area contributed by atoms with Crippen molar-refractivity contribution < 1.29 is 117 Å². The second-order valence-corrected chi connectivity index (χ2v) is 33.6. The van der Waals surface area contributed by atoms with Gasteiger partial charge >= 0.3 is 0 Å². The SMILES string of the molecule is CC(=O)C=C(C)O.CC(=O)C=C(C)O.CC(=O)C=C(C)O.CC(C)(C)c1cc(-c2cc3cnc(-c4[c-]ccc5c4oc4ccccc45)cc3o2)cc(C(C)(C)C)c1.CC(C)c1ccc(-c2cc3cnc(-c4[c-]ccc5c4oc4ccccc45)cc3o2)cc1.CC(C)c1cccc(C(C)C)c1-c1cc2cnc(-c3[c-]ccc4c3oc3ccccc34)cc2o1.[Ir].[Ir].[Ir]. The zero-order valence-corrected chi connectivity index (χ0v) is 80.4. The van der Waals surface area contributed by atoms with Crippen LogP contribution in [0.1, 0.15) is 170 Å². The number of benzene rings is 9. The van der Waals surface area contributed by atoms with E-state index in [-0.39, 0.29) is 106 Å². The van der Waals surface area contributed by atoms with E-state index >= 15 is 0 Å². The molecule has 0 aliphatic rings. The third-order valence-electron chi connectivity index (χ3n) is 20.7. The van der Waals surface area contributed by atoms with Crippen LogP contribution >= 0.6 is 0 Å². The second kappa shape index (κ2) is 40.8. The summed E-state index contributed by atoms with van der Waals surface area (Å²) in [4.78, 5) is 44.3. The summed E-state index contributed by atoms with van der Waals surface area (Å²) in [5, 5.41) is 34.5. The molecule has 3 radical (unpaired) electrons. The third-order valence-corrected chi connectivity index (χ3v) is 20.7. The molecule has 0 unspecified atom stereocenters. The van der Waals surface area contributed by atoms with Gasteiger partial charge in [0.1, 0.15) is 50.8 Å². The van der Waals surface area contributed by atoms with Crippen LogP contribution < -0.4 is 0 Å². The van der Waals surface area contributed by atoms with Gasteiger partial charge in [-0.05, 0) is 182 Å². The maximum absolute atomic E-state index is 10.0. The van der Waals surface area contributed by atoms with Crippen LogP contribution in [0.2, 0.25) is 0 Å². The Morgan fingerprint density at radius 1 is 0.344 bits per heavy atom. The number of aliphatic hydroxyl groups is 3. The summed E-state index contributed by atoms with van der Waals surface area (Å²) in [5.41, 5.74) is 22.3. The van der Waals surface area contributed by atoms with Crippen LogP contribution in [0.25, 0.3) is 166 Å². The Morgan fingerprint density at radius 3 is 0.968 bits per heavy atom. The zero-order chi connectivity index (χ0) is 87.2. The summed E-state index contributed by atoms with van der Waals surface area (Å²) in [6.45, 7) is 35.4. The molecule has 125 heavy (non-hydrogen) atoms. The molecule has 645 valence electrons. The predicted octanol–water partition coefficient (Wildman–Crippen LogP) is 29.7. The number of allylic oxidation sites excluding steroid dienone is 6. The number of furan rings is 6. The van der Waals surface area contributed by atoms with Crippen molar-refractivity contribution in [2.75, 3.05) is 0 Å². The summed E-state index contributed by atoms with van der Waals surface area (Å²) < 4.78 is 37.7. The van der Waals surface area contributed by atoms with Crippen molar-refractivity contribution in [1.82, 2.24) is 15.0 Å². The summed E-state index contributed by atoms with van der Waals surface area (Å²) in [6.07, 6.45) is 9.13. The normalized spacial score (nSPS) is 11.8. The summed E-state index contributed by atoms with van der Waals surface area (Å²) >= 11 is 0. The largest absolute Gasteiger partial charge is 0.512 e. The first-order valence-electron chi connectivity index (χ1n) is 40.8. The van der Waals surface area contributed by atoms with Gasteiger partial charge in [-0.1, -0.05) is 219 Å². The van der Waals surface area contributed by atoms with Gasteiger partial charge in [0, 0.05) is 146 Å². The Bertz CT molecular complexity index is 6890. The van der Waals surface area contributed by atoms with Crippen molar-refractivity contribution in [2.45, 2.75) is 153 Å². The second-order valence-electron chi connectivity index (χ2n) is 33.6. The first-order valence-corrected chi connectivity index (χ1v) is 40.8. The maximum atomic E-state index is 10.0. The van der Waals surface area contributed by atoms with Crippen molar-refractivity contribution >= 4 is 116 Å². The van der Waals surface area contributed by atoms with E-state index in [1.54, 1.807) is 0 Å². The smallest absolute Gasteiger partial charge is 0.155 e. The van der Waals surface area contributed by atoms with Gasteiger partial charge in [-0.25, -0.2) is 0 Å². The molecule has 9 heterocycles. The van der Waals surface area contributed by atoms with E-state index in [1.165, 1.54) is 93.2 Å². The fourth-order valence-electron chi connectivity index (χ4n) is 14.6. The third kappa shape index (κ3) is 22.4. The van der Waals surface area contributed by atoms with Crippen LogP contribution in [0.4, 0.5) is 0 Å². The first kappa shape index (κ1) is 95.3. The van der Waals surface area contributed by atoms with Gasteiger partial charge in [0.15, 0.2) is 17.3 Å².